The van der Waals surface area contributed by atoms with Gasteiger partial charge < -0.3 is 0 Å². The summed E-state index contributed by atoms with van der Waals surface area (Å²) < 4.78 is 2.94. The molecular formula is C13H15BrN2. The fourth-order valence-corrected chi connectivity index (χ4v) is 2.22. The number of para-hydroxylation sites is 1. The number of aromatic nitrogens is 2. The summed E-state index contributed by atoms with van der Waals surface area (Å²) in [5.74, 6) is 0.631. The van der Waals surface area contributed by atoms with Gasteiger partial charge in [0.25, 0.3) is 0 Å². The molecule has 1 heterocycles. The minimum atomic E-state index is 0.631. The van der Waals surface area contributed by atoms with E-state index in [2.05, 4.69) is 57.7 Å². The monoisotopic (exact) mass is 278 g/mol. The van der Waals surface area contributed by atoms with E-state index in [1.54, 1.807) is 0 Å². The Kier molecular flexibility index (Phi) is 3.44. The van der Waals surface area contributed by atoms with E-state index in [-0.39, 0.29) is 0 Å². The normalized spacial score (nSPS) is 11.0. The van der Waals surface area contributed by atoms with E-state index in [1.807, 2.05) is 18.2 Å². The summed E-state index contributed by atoms with van der Waals surface area (Å²) in [7, 11) is 0. The van der Waals surface area contributed by atoms with Gasteiger partial charge in [0.2, 0.25) is 0 Å². The van der Waals surface area contributed by atoms with Crippen molar-refractivity contribution in [3.05, 3.63) is 47.0 Å². The van der Waals surface area contributed by atoms with E-state index in [9.17, 15) is 0 Å². The van der Waals surface area contributed by atoms with Crippen molar-refractivity contribution in [3.8, 4) is 5.69 Å². The highest BCUT2D eigenvalue weighted by Gasteiger charge is 2.07. The van der Waals surface area contributed by atoms with Gasteiger partial charge in [0.1, 0.15) is 0 Å². The van der Waals surface area contributed by atoms with E-state index in [0.29, 0.717) is 5.92 Å². The Morgan fingerprint density at radius 3 is 2.56 bits per heavy atom. The van der Waals surface area contributed by atoms with E-state index < -0.39 is 0 Å². The summed E-state index contributed by atoms with van der Waals surface area (Å²) in [6.45, 7) is 4.41. The zero-order chi connectivity index (χ0) is 11.5. The Morgan fingerprint density at radius 2 is 1.94 bits per heavy atom. The highest BCUT2D eigenvalue weighted by atomic mass is 79.9. The number of hydrogen-bond acceptors (Lipinski definition) is 1. The van der Waals surface area contributed by atoms with Crippen LogP contribution >= 0.6 is 15.9 Å². The molecule has 0 aliphatic carbocycles. The van der Waals surface area contributed by atoms with Gasteiger partial charge in [-0.1, -0.05) is 32.0 Å². The van der Waals surface area contributed by atoms with Gasteiger partial charge in [-0.15, -0.1) is 0 Å². The van der Waals surface area contributed by atoms with Gasteiger partial charge in [0.05, 0.1) is 5.69 Å². The largest absolute Gasteiger partial charge is 0.294 e. The van der Waals surface area contributed by atoms with Gasteiger partial charge in [-0.05, 0) is 40.4 Å². The third-order valence-corrected chi connectivity index (χ3v) is 2.92. The maximum absolute atomic E-state index is 4.51. The van der Waals surface area contributed by atoms with E-state index in [4.69, 9.17) is 0 Å². The third kappa shape index (κ3) is 2.53. The molecule has 0 unspecified atom stereocenters. The Labute approximate surface area is 104 Å². The quantitative estimate of drug-likeness (QED) is 0.834. The Bertz CT molecular complexity index is 460. The molecule has 0 N–H and O–H groups in total. The molecule has 0 atom stereocenters. The first-order chi connectivity index (χ1) is 7.66. The lowest BCUT2D eigenvalue weighted by Crippen LogP contribution is -1.94. The van der Waals surface area contributed by atoms with Crippen LogP contribution in [-0.2, 0) is 6.42 Å². The Hall–Kier alpha value is -1.09. The molecule has 16 heavy (non-hydrogen) atoms. The summed E-state index contributed by atoms with van der Waals surface area (Å²) in [5.41, 5.74) is 2.27. The molecule has 84 valence electrons. The molecule has 0 bridgehead atoms. The predicted molar refractivity (Wildman–Crippen MR) is 69.8 cm³/mol. The summed E-state index contributed by atoms with van der Waals surface area (Å²) in [6.07, 6.45) is 3.11. The van der Waals surface area contributed by atoms with Gasteiger partial charge >= 0.3 is 0 Å². The molecule has 1 aromatic carbocycles. The zero-order valence-corrected chi connectivity index (χ0v) is 11.1. The van der Waals surface area contributed by atoms with E-state index >= 15 is 0 Å². The lowest BCUT2D eigenvalue weighted by molar-refractivity contribution is 0.637. The highest BCUT2D eigenvalue weighted by molar-refractivity contribution is 9.10. The number of rotatable bonds is 3. The molecule has 0 aliphatic heterocycles. The number of hydrogen-bond donors (Lipinski definition) is 0. The maximum Gasteiger partial charge on any atom is 0.181 e. The van der Waals surface area contributed by atoms with Crippen LogP contribution in [0.1, 0.15) is 19.5 Å². The highest BCUT2D eigenvalue weighted by Crippen LogP contribution is 2.18. The lowest BCUT2D eigenvalue weighted by Gasteiger charge is -2.02. The van der Waals surface area contributed by atoms with Gasteiger partial charge in [-0.25, -0.2) is 4.98 Å². The van der Waals surface area contributed by atoms with Crippen LogP contribution in [0.25, 0.3) is 5.69 Å². The Balaban J connectivity index is 2.32. The second-order valence-electron chi connectivity index (χ2n) is 4.30. The van der Waals surface area contributed by atoms with Crippen LogP contribution in [0.15, 0.2) is 41.3 Å². The van der Waals surface area contributed by atoms with Crippen molar-refractivity contribution in [1.82, 2.24) is 9.55 Å². The SMILES string of the molecule is CC(C)Cc1cn(-c2ccccc2)c(Br)n1. The zero-order valence-electron chi connectivity index (χ0n) is 9.52. The van der Waals surface area contributed by atoms with Gasteiger partial charge in [0, 0.05) is 11.9 Å². The van der Waals surface area contributed by atoms with E-state index in [0.717, 1.165) is 22.5 Å². The van der Waals surface area contributed by atoms with Crippen LogP contribution < -0.4 is 0 Å². The van der Waals surface area contributed by atoms with Crippen molar-refractivity contribution in [2.24, 2.45) is 5.92 Å². The van der Waals surface area contributed by atoms with Crippen LogP contribution in [0.2, 0.25) is 0 Å². The summed E-state index contributed by atoms with van der Waals surface area (Å²) in [5, 5.41) is 0. The van der Waals surface area contributed by atoms with Crippen LogP contribution in [0.4, 0.5) is 0 Å². The fourth-order valence-electron chi connectivity index (χ4n) is 1.69. The molecule has 0 fully saturated rings. The fraction of sp³-hybridized carbons (Fsp3) is 0.308. The van der Waals surface area contributed by atoms with Crippen molar-refractivity contribution >= 4 is 15.9 Å². The molecule has 2 rings (SSSR count). The average molecular weight is 279 g/mol. The second kappa shape index (κ2) is 4.83. The Morgan fingerprint density at radius 1 is 1.25 bits per heavy atom. The molecule has 0 radical (unpaired) electrons. The topological polar surface area (TPSA) is 17.8 Å². The first-order valence-electron chi connectivity index (χ1n) is 5.46. The van der Waals surface area contributed by atoms with Gasteiger partial charge in [-0.3, -0.25) is 4.57 Å². The standard InChI is InChI=1S/C13H15BrN2/c1-10(2)8-11-9-16(13(14)15-11)12-6-4-3-5-7-12/h3-7,9-10H,8H2,1-2H3. The molecule has 2 aromatic rings. The molecule has 1 aromatic heterocycles. The third-order valence-electron chi connectivity index (χ3n) is 2.36. The first kappa shape index (κ1) is 11.4. The summed E-state index contributed by atoms with van der Waals surface area (Å²) in [4.78, 5) is 4.51. The molecule has 2 nitrogen and oxygen atoms in total. The van der Waals surface area contributed by atoms with Crippen LogP contribution in [-0.4, -0.2) is 9.55 Å². The minimum absolute atomic E-state index is 0.631. The van der Waals surface area contributed by atoms with Crippen LogP contribution in [0, 0.1) is 5.92 Å². The number of halogens is 1. The lowest BCUT2D eigenvalue weighted by atomic mass is 10.1. The molecule has 0 saturated heterocycles. The van der Waals surface area contributed by atoms with Gasteiger partial charge in [0.15, 0.2) is 4.73 Å². The maximum atomic E-state index is 4.51. The average Bonchev–Trinajstić information content (AvgIpc) is 2.60. The van der Waals surface area contributed by atoms with E-state index in [1.165, 1.54) is 0 Å². The summed E-state index contributed by atoms with van der Waals surface area (Å²) >= 11 is 3.50. The predicted octanol–water partition coefficient (Wildman–Crippen LogP) is 3.83. The van der Waals surface area contributed by atoms with Crippen molar-refractivity contribution in [2.75, 3.05) is 0 Å². The van der Waals surface area contributed by atoms with Crippen molar-refractivity contribution in [3.63, 3.8) is 0 Å². The molecule has 3 heteroatoms. The number of nitrogens with zero attached hydrogens (tertiary/aromatic N) is 2. The molecule has 0 spiro atoms. The van der Waals surface area contributed by atoms with Crippen molar-refractivity contribution < 1.29 is 0 Å². The molecule has 0 amide bonds. The molecule has 0 saturated carbocycles. The summed E-state index contributed by atoms with van der Waals surface area (Å²) in [6, 6.07) is 10.2. The van der Waals surface area contributed by atoms with Crippen LogP contribution in [0.3, 0.4) is 0 Å². The van der Waals surface area contributed by atoms with Crippen molar-refractivity contribution in [2.45, 2.75) is 20.3 Å². The molecular weight excluding hydrogens is 264 g/mol. The minimum Gasteiger partial charge on any atom is -0.294 e. The molecule has 0 aliphatic rings. The van der Waals surface area contributed by atoms with Gasteiger partial charge in [-0.2, -0.15) is 0 Å². The smallest absolute Gasteiger partial charge is 0.181 e. The number of imidazole rings is 1. The van der Waals surface area contributed by atoms with Crippen molar-refractivity contribution in [1.29, 1.82) is 0 Å². The van der Waals surface area contributed by atoms with Crippen LogP contribution in [0.5, 0.6) is 0 Å². The number of benzene rings is 1. The second-order valence-corrected chi connectivity index (χ2v) is 5.01. The first-order valence-corrected chi connectivity index (χ1v) is 6.25.